The Bertz CT molecular complexity index is 1640. The van der Waals surface area contributed by atoms with Crippen LogP contribution < -0.4 is 11.1 Å². The molecule has 3 aliphatic carbocycles. The third kappa shape index (κ3) is 4.45. The first-order chi connectivity index (χ1) is 20.5. The van der Waals surface area contributed by atoms with Gasteiger partial charge in [0.25, 0.3) is 0 Å². The number of benzene rings is 2. The molecule has 2 fully saturated rings. The average Bonchev–Trinajstić information content (AvgIpc) is 2.90. The van der Waals surface area contributed by atoms with Crippen LogP contribution in [0, 0.1) is 46.3 Å². The van der Waals surface area contributed by atoms with Crippen molar-refractivity contribution in [3.63, 3.8) is 0 Å². The summed E-state index contributed by atoms with van der Waals surface area (Å²) < 4.78 is 0. The van der Waals surface area contributed by atoms with Crippen molar-refractivity contribution in [2.24, 2.45) is 40.2 Å². The lowest BCUT2D eigenvalue weighted by molar-refractivity contribution is -0.265. The number of Topliss-reactive ketones (excluding diaryl/α,β-unsaturated/α-hetero) is 2. The van der Waals surface area contributed by atoms with Crippen LogP contribution in [-0.4, -0.2) is 61.6 Å². The molecule has 0 aromatic heterocycles. The Morgan fingerprint density at radius 1 is 1.05 bits per heavy atom. The van der Waals surface area contributed by atoms with Crippen molar-refractivity contribution in [3.05, 3.63) is 58.7 Å². The molecule has 8 atom stereocenters. The minimum atomic E-state index is -2.56. The van der Waals surface area contributed by atoms with Gasteiger partial charge in [0, 0.05) is 29.2 Å². The maximum atomic E-state index is 14.2. The van der Waals surface area contributed by atoms with Crippen LogP contribution in [-0.2, 0) is 20.8 Å². The largest absolute Gasteiger partial charge is 0.507 e. The summed E-state index contributed by atoms with van der Waals surface area (Å²) >= 11 is 0. The molecule has 0 bridgehead atoms. The Morgan fingerprint density at radius 2 is 1.68 bits per heavy atom. The van der Waals surface area contributed by atoms with Gasteiger partial charge in [-0.05, 0) is 72.1 Å². The van der Waals surface area contributed by atoms with Crippen molar-refractivity contribution < 1.29 is 39.6 Å². The van der Waals surface area contributed by atoms with Crippen molar-refractivity contribution in [2.45, 2.75) is 65.3 Å². The second-order valence-electron chi connectivity index (χ2n) is 13.5. The maximum Gasteiger partial charge on any atom is 0.230 e. The van der Waals surface area contributed by atoms with Crippen LogP contribution in [0.5, 0.6) is 5.75 Å². The van der Waals surface area contributed by atoms with E-state index < -0.39 is 63.9 Å². The molecule has 2 aromatic rings. The molecule has 0 aliphatic heterocycles. The van der Waals surface area contributed by atoms with E-state index in [2.05, 4.69) is 17.2 Å². The summed E-state index contributed by atoms with van der Waals surface area (Å²) in [7, 11) is 0. The van der Waals surface area contributed by atoms with Crippen molar-refractivity contribution in [3.8, 4) is 17.6 Å². The quantitative estimate of drug-likeness (QED) is 0.227. The first-order valence-electron chi connectivity index (χ1n) is 14.7. The van der Waals surface area contributed by atoms with Crippen LogP contribution >= 0.6 is 0 Å². The van der Waals surface area contributed by atoms with E-state index in [9.17, 15) is 39.6 Å². The Morgan fingerprint density at radius 3 is 2.25 bits per heavy atom. The molecular formula is C34H38N2O8. The number of phenols is 1. The summed E-state index contributed by atoms with van der Waals surface area (Å²) in [5.41, 5.74) is 2.69. The number of aliphatic hydroxyl groups is 3. The number of hydrogen-bond acceptors (Lipinski definition) is 8. The molecule has 2 saturated carbocycles. The fraction of sp³-hybridized carbons (Fsp3) is 0.471. The number of ketones is 2. The van der Waals surface area contributed by atoms with Gasteiger partial charge in [0.05, 0.1) is 17.6 Å². The summed E-state index contributed by atoms with van der Waals surface area (Å²) in [5, 5.41) is 48.9. The molecule has 5 rings (SSSR count). The zero-order valence-corrected chi connectivity index (χ0v) is 25.3. The molecule has 7 N–H and O–H groups in total. The number of amides is 2. The summed E-state index contributed by atoms with van der Waals surface area (Å²) in [6.45, 7) is 8.42. The first kappa shape index (κ1) is 31.4. The minimum absolute atomic E-state index is 0.0401. The SMILES string of the molecule is CC(=O)Nc1ccc(C#Cc2ccc(O)c3c2C[C@]2(C)C[C@]4(C)[C@@H](C(C)C)C(O)C(C(N)=O)C(=O)[C@]4(O)C(O)C2C3=O)cc1. The van der Waals surface area contributed by atoms with E-state index in [4.69, 9.17) is 5.73 Å². The highest BCUT2D eigenvalue weighted by Gasteiger charge is 2.75. The van der Waals surface area contributed by atoms with Crippen molar-refractivity contribution in [1.29, 1.82) is 0 Å². The fourth-order valence-electron chi connectivity index (χ4n) is 8.63. The molecule has 4 unspecified atom stereocenters. The van der Waals surface area contributed by atoms with Gasteiger partial charge in [-0.25, -0.2) is 0 Å². The highest BCUT2D eigenvalue weighted by molar-refractivity contribution is 6.09. The molecule has 0 radical (unpaired) electrons. The normalized spacial score (nSPS) is 34.2. The highest BCUT2D eigenvalue weighted by Crippen LogP contribution is 2.65. The number of hydrogen-bond donors (Lipinski definition) is 6. The Hall–Kier alpha value is -4.04. The number of phenolic OH excluding ortho intramolecular Hbond substituents is 1. The standard InChI is InChI=1S/C34H38N2O8/c1-16(2)25-28(40)24(31(35)43)29(41)34(44)30(42)26-27(39)23-21(14-32(26,4)15-33(25,34)5)19(10-13-22(23)38)9-6-18-7-11-20(12-8-18)36-17(3)37/h7-8,10-13,16,24-26,28,30,38,40,42,44H,14-15H2,1-5H3,(H2,35,43)(H,36,37)/t24?,25-,26?,28?,30?,32+,33+,34-/m0/s1. The van der Waals surface area contributed by atoms with Crippen LogP contribution in [0.25, 0.3) is 0 Å². The van der Waals surface area contributed by atoms with E-state index >= 15 is 0 Å². The predicted octanol–water partition coefficient (Wildman–Crippen LogP) is 1.93. The Labute approximate surface area is 255 Å². The number of fused-ring (bicyclic) bond motifs is 3. The van der Waals surface area contributed by atoms with Gasteiger partial charge >= 0.3 is 0 Å². The van der Waals surface area contributed by atoms with Crippen LogP contribution in [0.4, 0.5) is 5.69 Å². The molecule has 44 heavy (non-hydrogen) atoms. The van der Waals surface area contributed by atoms with Gasteiger partial charge in [-0.1, -0.05) is 39.5 Å². The molecule has 0 spiro atoms. The molecule has 2 aromatic carbocycles. The van der Waals surface area contributed by atoms with Gasteiger partial charge in [-0.3, -0.25) is 19.2 Å². The lowest BCUT2D eigenvalue weighted by atomic mass is 9.39. The zero-order chi connectivity index (χ0) is 32.5. The van der Waals surface area contributed by atoms with Crippen molar-refractivity contribution in [1.82, 2.24) is 0 Å². The molecule has 10 heteroatoms. The molecule has 2 amide bonds. The number of anilines is 1. The smallest absolute Gasteiger partial charge is 0.230 e. The van der Waals surface area contributed by atoms with Crippen LogP contribution in [0.15, 0.2) is 36.4 Å². The number of nitrogens with two attached hydrogens (primary N) is 1. The van der Waals surface area contributed by atoms with Gasteiger partial charge < -0.3 is 31.5 Å². The topological polar surface area (TPSA) is 187 Å². The van der Waals surface area contributed by atoms with E-state index in [1.807, 2.05) is 0 Å². The second-order valence-corrected chi connectivity index (χ2v) is 13.5. The lowest BCUT2D eigenvalue weighted by Gasteiger charge is -2.66. The zero-order valence-electron chi connectivity index (χ0n) is 25.3. The van der Waals surface area contributed by atoms with Gasteiger partial charge in [-0.2, -0.15) is 0 Å². The van der Waals surface area contributed by atoms with Crippen LogP contribution in [0.3, 0.4) is 0 Å². The van der Waals surface area contributed by atoms with Gasteiger partial charge in [0.15, 0.2) is 17.2 Å². The minimum Gasteiger partial charge on any atom is -0.507 e. The monoisotopic (exact) mass is 602 g/mol. The number of carbonyl (C=O) groups is 4. The van der Waals surface area contributed by atoms with E-state index in [1.165, 1.54) is 13.0 Å². The molecule has 0 heterocycles. The second kappa shape index (κ2) is 10.5. The number of nitrogens with one attached hydrogen (secondary N) is 1. The Balaban J connectivity index is 1.62. The first-order valence-corrected chi connectivity index (χ1v) is 14.7. The number of aromatic hydroxyl groups is 1. The summed E-state index contributed by atoms with van der Waals surface area (Å²) in [6, 6.07) is 9.87. The molecule has 232 valence electrons. The number of rotatable bonds is 3. The predicted molar refractivity (Wildman–Crippen MR) is 160 cm³/mol. The number of primary amides is 1. The van der Waals surface area contributed by atoms with E-state index in [0.717, 1.165) is 0 Å². The van der Waals surface area contributed by atoms with Gasteiger partial charge in [0.2, 0.25) is 11.8 Å². The van der Waals surface area contributed by atoms with E-state index in [-0.39, 0.29) is 36.0 Å². The third-order valence-electron chi connectivity index (χ3n) is 10.2. The number of carbonyl (C=O) groups excluding carboxylic acids is 4. The average molecular weight is 603 g/mol. The van der Waals surface area contributed by atoms with Gasteiger partial charge in [0.1, 0.15) is 17.8 Å². The van der Waals surface area contributed by atoms with Crippen molar-refractivity contribution in [2.75, 3.05) is 5.32 Å². The maximum absolute atomic E-state index is 14.2. The molecule has 0 saturated heterocycles. The third-order valence-corrected chi connectivity index (χ3v) is 10.2. The molecular weight excluding hydrogens is 564 g/mol. The summed E-state index contributed by atoms with van der Waals surface area (Å²) in [5.74, 6) is -1.43. The van der Waals surface area contributed by atoms with E-state index in [1.54, 1.807) is 58.0 Å². The molecule has 10 nitrogen and oxygen atoms in total. The summed E-state index contributed by atoms with van der Waals surface area (Å²) in [6.07, 6.45) is -3.21. The van der Waals surface area contributed by atoms with Gasteiger partial charge in [-0.15, -0.1) is 0 Å². The van der Waals surface area contributed by atoms with Crippen LogP contribution in [0.2, 0.25) is 0 Å². The van der Waals surface area contributed by atoms with E-state index in [0.29, 0.717) is 22.4 Å². The lowest BCUT2D eigenvalue weighted by Crippen LogP contribution is -2.79. The Kier molecular flexibility index (Phi) is 7.52. The molecule has 3 aliphatic rings. The fourth-order valence-corrected chi connectivity index (χ4v) is 8.63. The highest BCUT2D eigenvalue weighted by atomic mass is 16.4. The summed E-state index contributed by atoms with van der Waals surface area (Å²) in [4.78, 5) is 51.7. The van der Waals surface area contributed by atoms with Crippen molar-refractivity contribution >= 4 is 29.1 Å². The number of aliphatic hydroxyl groups excluding tert-OH is 2. The van der Waals surface area contributed by atoms with Crippen LogP contribution in [0.1, 0.15) is 68.1 Å².